The van der Waals surface area contributed by atoms with Gasteiger partial charge >= 0.3 is 5.51 Å². The van der Waals surface area contributed by atoms with Gasteiger partial charge in [-0.2, -0.15) is 18.3 Å². The third-order valence-corrected chi connectivity index (χ3v) is 2.89. The molecular formula is C9H14F3N3S. The van der Waals surface area contributed by atoms with Crippen LogP contribution in [0.1, 0.15) is 18.5 Å². The molecule has 1 heterocycles. The van der Waals surface area contributed by atoms with Crippen molar-refractivity contribution in [1.29, 1.82) is 0 Å². The Morgan fingerprint density at radius 2 is 2.25 bits per heavy atom. The van der Waals surface area contributed by atoms with Crippen LogP contribution in [0.5, 0.6) is 0 Å². The lowest BCUT2D eigenvalue weighted by molar-refractivity contribution is -0.0328. The summed E-state index contributed by atoms with van der Waals surface area (Å²) in [7, 11) is 1.82. The first-order valence-corrected chi connectivity index (χ1v) is 5.81. The molecule has 0 aliphatic heterocycles. The third kappa shape index (κ3) is 4.44. The molecule has 16 heavy (non-hydrogen) atoms. The Balaban J connectivity index is 2.41. The fraction of sp³-hybridized carbons (Fsp3) is 0.667. The quantitative estimate of drug-likeness (QED) is 0.874. The number of nitrogens with zero attached hydrogens (tertiary/aromatic N) is 2. The van der Waals surface area contributed by atoms with Crippen LogP contribution < -0.4 is 5.32 Å². The summed E-state index contributed by atoms with van der Waals surface area (Å²) in [6, 6.07) is 0.156. The smallest absolute Gasteiger partial charge is 0.313 e. The molecule has 7 heteroatoms. The normalized spacial score (nSPS) is 14.1. The van der Waals surface area contributed by atoms with Crippen LogP contribution in [-0.4, -0.2) is 28.1 Å². The molecular weight excluding hydrogens is 239 g/mol. The molecule has 1 N–H and O–H groups in total. The van der Waals surface area contributed by atoms with Crippen LogP contribution in [0.25, 0.3) is 0 Å². The second-order valence-electron chi connectivity index (χ2n) is 3.34. The van der Waals surface area contributed by atoms with Crippen molar-refractivity contribution in [3.63, 3.8) is 0 Å². The van der Waals surface area contributed by atoms with Gasteiger partial charge in [0, 0.05) is 23.6 Å². The number of alkyl halides is 3. The number of hydrogen-bond donors (Lipinski definition) is 1. The Hall–Kier alpha value is -0.690. The zero-order valence-electron chi connectivity index (χ0n) is 9.08. The predicted molar refractivity (Wildman–Crippen MR) is 58.2 cm³/mol. The summed E-state index contributed by atoms with van der Waals surface area (Å²) in [5.41, 5.74) is -3.19. The zero-order valence-corrected chi connectivity index (χ0v) is 9.90. The van der Waals surface area contributed by atoms with Crippen LogP contribution >= 0.6 is 11.8 Å². The van der Waals surface area contributed by atoms with Gasteiger partial charge < -0.3 is 5.32 Å². The Morgan fingerprint density at radius 1 is 1.56 bits per heavy atom. The fourth-order valence-electron chi connectivity index (χ4n) is 1.15. The maximum atomic E-state index is 11.9. The van der Waals surface area contributed by atoms with Crippen LogP contribution in [0, 0.1) is 0 Å². The number of aryl methyl sites for hydroxylation is 1. The van der Waals surface area contributed by atoms with Gasteiger partial charge in [-0.1, -0.05) is 0 Å². The maximum Gasteiger partial charge on any atom is 0.441 e. The van der Waals surface area contributed by atoms with Crippen molar-refractivity contribution in [2.75, 3.05) is 12.8 Å². The summed E-state index contributed by atoms with van der Waals surface area (Å²) in [6.07, 6.45) is 3.43. The number of thioether (sulfide) groups is 1. The fourth-order valence-corrected chi connectivity index (χ4v) is 1.66. The molecule has 0 spiro atoms. The standard InChI is InChI=1S/C9H14F3N3S/c1-7(13-2)8-5-14-15(6-8)3-4-16-9(10,11)12/h5-7,13H,3-4H2,1-2H3. The van der Waals surface area contributed by atoms with E-state index >= 15 is 0 Å². The highest BCUT2D eigenvalue weighted by atomic mass is 32.2. The minimum atomic E-state index is -4.16. The maximum absolute atomic E-state index is 11.9. The second-order valence-corrected chi connectivity index (χ2v) is 4.50. The molecule has 0 aliphatic carbocycles. The molecule has 0 amide bonds. The molecule has 0 radical (unpaired) electrons. The van der Waals surface area contributed by atoms with Crippen molar-refractivity contribution < 1.29 is 13.2 Å². The monoisotopic (exact) mass is 253 g/mol. The van der Waals surface area contributed by atoms with Crippen molar-refractivity contribution in [2.45, 2.75) is 25.0 Å². The van der Waals surface area contributed by atoms with E-state index in [0.29, 0.717) is 0 Å². The Bertz CT molecular complexity index is 324. The summed E-state index contributed by atoms with van der Waals surface area (Å²) < 4.78 is 37.1. The number of halogens is 3. The number of rotatable bonds is 5. The highest BCUT2D eigenvalue weighted by Crippen LogP contribution is 2.29. The van der Waals surface area contributed by atoms with E-state index in [0.717, 1.165) is 5.56 Å². The Labute approximate surface area is 96.4 Å². The van der Waals surface area contributed by atoms with Gasteiger partial charge in [-0.05, 0) is 25.7 Å². The first-order chi connectivity index (χ1) is 7.42. The first-order valence-electron chi connectivity index (χ1n) is 4.82. The van der Waals surface area contributed by atoms with E-state index in [2.05, 4.69) is 10.4 Å². The molecule has 0 bridgehead atoms. The van der Waals surface area contributed by atoms with Gasteiger partial charge in [0.2, 0.25) is 0 Å². The van der Waals surface area contributed by atoms with Crippen LogP contribution in [0.4, 0.5) is 13.2 Å². The van der Waals surface area contributed by atoms with E-state index in [9.17, 15) is 13.2 Å². The van der Waals surface area contributed by atoms with Gasteiger partial charge in [-0.25, -0.2) is 0 Å². The molecule has 0 saturated heterocycles. The molecule has 1 aromatic heterocycles. The average molecular weight is 253 g/mol. The van der Waals surface area contributed by atoms with Crippen LogP contribution in [0.15, 0.2) is 12.4 Å². The molecule has 1 atom stereocenters. The molecule has 92 valence electrons. The highest BCUT2D eigenvalue weighted by Gasteiger charge is 2.27. The van der Waals surface area contributed by atoms with E-state index in [1.54, 1.807) is 12.4 Å². The lowest BCUT2D eigenvalue weighted by Gasteiger charge is -2.06. The molecule has 0 saturated carbocycles. The first kappa shape index (κ1) is 13.4. The van der Waals surface area contributed by atoms with E-state index in [4.69, 9.17) is 0 Å². The highest BCUT2D eigenvalue weighted by molar-refractivity contribution is 8.00. The lowest BCUT2D eigenvalue weighted by atomic mass is 10.2. The largest absolute Gasteiger partial charge is 0.441 e. The van der Waals surface area contributed by atoms with Gasteiger partial charge in [0.15, 0.2) is 0 Å². The summed E-state index contributed by atoms with van der Waals surface area (Å²) in [6.45, 7) is 2.23. The van der Waals surface area contributed by atoms with Gasteiger partial charge in [0.05, 0.1) is 12.7 Å². The molecule has 1 rings (SSSR count). The van der Waals surface area contributed by atoms with Crippen LogP contribution in [0.2, 0.25) is 0 Å². The van der Waals surface area contributed by atoms with Crippen LogP contribution in [-0.2, 0) is 6.54 Å². The lowest BCUT2D eigenvalue weighted by Crippen LogP contribution is -2.11. The van der Waals surface area contributed by atoms with Crippen LogP contribution in [0.3, 0.4) is 0 Å². The van der Waals surface area contributed by atoms with Gasteiger partial charge in [0.25, 0.3) is 0 Å². The van der Waals surface area contributed by atoms with Crippen molar-refractivity contribution in [2.24, 2.45) is 0 Å². The minimum absolute atomic E-state index is 0.0153. The number of aromatic nitrogens is 2. The Morgan fingerprint density at radius 3 is 2.81 bits per heavy atom. The third-order valence-electron chi connectivity index (χ3n) is 2.17. The van der Waals surface area contributed by atoms with E-state index in [-0.39, 0.29) is 30.1 Å². The minimum Gasteiger partial charge on any atom is -0.313 e. The summed E-state index contributed by atoms with van der Waals surface area (Å²) in [5.74, 6) is -0.0153. The molecule has 3 nitrogen and oxygen atoms in total. The molecule has 0 aromatic carbocycles. The van der Waals surface area contributed by atoms with E-state index < -0.39 is 5.51 Å². The van der Waals surface area contributed by atoms with E-state index in [1.165, 1.54) is 4.68 Å². The zero-order chi connectivity index (χ0) is 12.2. The molecule has 0 fully saturated rings. The van der Waals surface area contributed by atoms with Crippen molar-refractivity contribution in [1.82, 2.24) is 15.1 Å². The molecule has 1 aromatic rings. The number of nitrogens with one attached hydrogen (secondary N) is 1. The SMILES string of the molecule is CNC(C)c1cnn(CCSC(F)(F)F)c1. The number of hydrogen-bond acceptors (Lipinski definition) is 3. The summed E-state index contributed by atoms with van der Waals surface area (Å²) >= 11 is -0.0246. The van der Waals surface area contributed by atoms with Gasteiger partial charge in [0.1, 0.15) is 0 Å². The summed E-state index contributed by atoms with van der Waals surface area (Å²) in [4.78, 5) is 0. The van der Waals surface area contributed by atoms with E-state index in [1.807, 2.05) is 14.0 Å². The van der Waals surface area contributed by atoms with Crippen molar-refractivity contribution in [3.05, 3.63) is 18.0 Å². The van der Waals surface area contributed by atoms with Crippen molar-refractivity contribution >= 4 is 11.8 Å². The topological polar surface area (TPSA) is 29.9 Å². The Kier molecular flexibility index (Phi) is 4.67. The van der Waals surface area contributed by atoms with Gasteiger partial charge in [-0.15, -0.1) is 0 Å². The average Bonchev–Trinajstić information content (AvgIpc) is 2.63. The molecule has 1 unspecified atom stereocenters. The second kappa shape index (κ2) is 5.58. The predicted octanol–water partition coefficient (Wildman–Crippen LogP) is 2.42. The van der Waals surface area contributed by atoms with Gasteiger partial charge in [-0.3, -0.25) is 4.68 Å². The summed E-state index contributed by atoms with van der Waals surface area (Å²) in [5, 5.41) is 7.04. The van der Waals surface area contributed by atoms with Crippen molar-refractivity contribution in [3.8, 4) is 0 Å². The molecule has 0 aliphatic rings.